The minimum atomic E-state index is -0.391. The minimum Gasteiger partial charge on any atom is -0.276 e. The molecule has 0 N–H and O–H groups in total. The highest BCUT2D eigenvalue weighted by atomic mass is 35.5. The molecule has 0 spiro atoms. The average molecular weight is 324 g/mol. The molecule has 6 heteroatoms. The predicted molar refractivity (Wildman–Crippen MR) is 82.8 cm³/mol. The van der Waals surface area contributed by atoms with E-state index in [-0.39, 0.29) is 5.82 Å². The van der Waals surface area contributed by atoms with Gasteiger partial charge in [-0.3, -0.25) is 4.57 Å². The monoisotopic (exact) mass is 323 g/mol. The lowest BCUT2D eigenvalue weighted by Gasteiger charge is -2.11. The fourth-order valence-electron chi connectivity index (χ4n) is 2.26. The lowest BCUT2D eigenvalue weighted by molar-refractivity contribution is 0.615. The average Bonchev–Trinajstić information content (AvgIpc) is 2.80. The van der Waals surface area contributed by atoms with E-state index in [0.29, 0.717) is 27.7 Å². The summed E-state index contributed by atoms with van der Waals surface area (Å²) in [5, 5.41) is 0.0866. The van der Waals surface area contributed by atoms with Crippen molar-refractivity contribution < 1.29 is 4.39 Å². The summed E-state index contributed by atoms with van der Waals surface area (Å²) >= 11 is 12.1. The Morgan fingerprint density at radius 1 is 1.29 bits per heavy atom. The van der Waals surface area contributed by atoms with E-state index < -0.39 is 5.38 Å². The molecule has 0 amide bonds. The number of imidazole rings is 1. The first-order chi connectivity index (χ1) is 9.97. The number of nitrogens with zero attached hydrogens (tertiary/aromatic N) is 3. The van der Waals surface area contributed by atoms with E-state index in [9.17, 15) is 4.39 Å². The van der Waals surface area contributed by atoms with Gasteiger partial charge in [-0.2, -0.15) is 0 Å². The number of alkyl halides is 1. The number of aromatic nitrogens is 3. The van der Waals surface area contributed by atoms with Crippen LogP contribution in [0, 0.1) is 12.7 Å². The van der Waals surface area contributed by atoms with Gasteiger partial charge in [0.05, 0.1) is 16.1 Å². The van der Waals surface area contributed by atoms with E-state index in [4.69, 9.17) is 23.2 Å². The summed E-state index contributed by atoms with van der Waals surface area (Å²) in [6.45, 7) is 3.69. The maximum Gasteiger partial charge on any atom is 0.164 e. The Balaban J connectivity index is 2.39. The Bertz CT molecular complexity index is 827. The van der Waals surface area contributed by atoms with Crippen molar-refractivity contribution in [3.05, 3.63) is 52.7 Å². The molecule has 1 atom stereocenters. The van der Waals surface area contributed by atoms with E-state index in [1.165, 1.54) is 12.3 Å². The summed E-state index contributed by atoms with van der Waals surface area (Å²) in [6, 6.07) is 6.58. The number of benzene rings is 1. The molecule has 3 aromatic rings. The third-order valence-corrected chi connectivity index (χ3v) is 3.59. The van der Waals surface area contributed by atoms with Crippen LogP contribution in [0.15, 0.2) is 30.5 Å². The quantitative estimate of drug-likeness (QED) is 0.633. The van der Waals surface area contributed by atoms with Gasteiger partial charge in [0.25, 0.3) is 0 Å². The number of fused-ring (bicyclic) bond motifs is 1. The van der Waals surface area contributed by atoms with Crippen molar-refractivity contribution in [3.8, 4) is 5.69 Å². The van der Waals surface area contributed by atoms with Gasteiger partial charge in [0.15, 0.2) is 5.65 Å². The molecule has 0 bridgehead atoms. The van der Waals surface area contributed by atoms with Gasteiger partial charge in [0.2, 0.25) is 0 Å². The molecule has 21 heavy (non-hydrogen) atoms. The van der Waals surface area contributed by atoms with Crippen molar-refractivity contribution in [1.29, 1.82) is 0 Å². The van der Waals surface area contributed by atoms with E-state index in [1.54, 1.807) is 29.7 Å². The molecule has 0 aliphatic heterocycles. The van der Waals surface area contributed by atoms with Gasteiger partial charge in [0.1, 0.15) is 17.2 Å². The van der Waals surface area contributed by atoms with Crippen LogP contribution in [-0.4, -0.2) is 14.5 Å². The highest BCUT2D eigenvalue weighted by molar-refractivity contribution is 6.31. The first kappa shape index (κ1) is 14.3. The Hall–Kier alpha value is -1.65. The van der Waals surface area contributed by atoms with Crippen molar-refractivity contribution >= 4 is 34.4 Å². The fourth-order valence-corrected chi connectivity index (χ4v) is 2.55. The lowest BCUT2D eigenvalue weighted by Crippen LogP contribution is -2.05. The second kappa shape index (κ2) is 5.28. The van der Waals surface area contributed by atoms with Crippen molar-refractivity contribution in [2.24, 2.45) is 0 Å². The maximum atomic E-state index is 14.2. The van der Waals surface area contributed by atoms with Crippen molar-refractivity contribution in [3.63, 3.8) is 0 Å². The van der Waals surface area contributed by atoms with Gasteiger partial charge in [-0.05, 0) is 37.6 Å². The molecule has 0 radical (unpaired) electrons. The first-order valence-electron chi connectivity index (χ1n) is 6.42. The molecule has 0 aliphatic rings. The Kier molecular flexibility index (Phi) is 3.59. The lowest BCUT2D eigenvalue weighted by atomic mass is 10.2. The third kappa shape index (κ3) is 2.49. The fraction of sp³-hybridized carbons (Fsp3) is 0.200. The van der Waals surface area contributed by atoms with Gasteiger partial charge in [-0.15, -0.1) is 11.6 Å². The highest BCUT2D eigenvalue weighted by Gasteiger charge is 2.19. The molecule has 2 heterocycles. The number of rotatable bonds is 2. The minimum absolute atomic E-state index is 0.352. The molecule has 1 aromatic carbocycles. The molecule has 2 aromatic heterocycles. The summed E-state index contributed by atoms with van der Waals surface area (Å²) in [7, 11) is 0. The SMILES string of the molecule is Cc1ccc(F)c(-n2c(C(C)Cl)nc3cc(Cl)cnc32)c1. The van der Waals surface area contributed by atoms with Crippen LogP contribution >= 0.6 is 23.2 Å². The molecule has 3 rings (SSSR count). The Morgan fingerprint density at radius 2 is 2.05 bits per heavy atom. The van der Waals surface area contributed by atoms with Crippen LogP contribution in [0.2, 0.25) is 5.02 Å². The number of hydrogen-bond acceptors (Lipinski definition) is 2. The van der Waals surface area contributed by atoms with Crippen molar-refractivity contribution in [2.45, 2.75) is 19.2 Å². The molecule has 0 aliphatic carbocycles. The van der Waals surface area contributed by atoms with Gasteiger partial charge >= 0.3 is 0 Å². The van der Waals surface area contributed by atoms with Gasteiger partial charge in [-0.1, -0.05) is 17.7 Å². The third-order valence-electron chi connectivity index (χ3n) is 3.19. The Morgan fingerprint density at radius 3 is 2.76 bits per heavy atom. The molecule has 1 unspecified atom stereocenters. The van der Waals surface area contributed by atoms with Crippen LogP contribution in [0.4, 0.5) is 4.39 Å². The van der Waals surface area contributed by atoms with Gasteiger partial charge in [0, 0.05) is 6.20 Å². The van der Waals surface area contributed by atoms with Gasteiger partial charge < -0.3 is 0 Å². The summed E-state index contributed by atoms with van der Waals surface area (Å²) in [5.74, 6) is 0.182. The van der Waals surface area contributed by atoms with E-state index in [2.05, 4.69) is 9.97 Å². The molecule has 3 nitrogen and oxygen atoms in total. The topological polar surface area (TPSA) is 30.7 Å². The first-order valence-corrected chi connectivity index (χ1v) is 7.23. The number of aryl methyl sites for hydroxylation is 1. The number of pyridine rings is 1. The van der Waals surface area contributed by atoms with Crippen LogP contribution in [0.3, 0.4) is 0 Å². The number of hydrogen-bond donors (Lipinski definition) is 0. The zero-order valence-corrected chi connectivity index (χ0v) is 13.0. The normalized spacial score (nSPS) is 12.8. The van der Waals surface area contributed by atoms with Gasteiger partial charge in [-0.25, -0.2) is 14.4 Å². The summed E-state index contributed by atoms with van der Waals surface area (Å²) in [4.78, 5) is 8.71. The van der Waals surface area contributed by atoms with Crippen molar-refractivity contribution in [2.75, 3.05) is 0 Å². The number of halogens is 3. The predicted octanol–water partition coefficient (Wildman–Crippen LogP) is 4.82. The molecule has 0 fully saturated rings. The maximum absolute atomic E-state index is 14.2. The largest absolute Gasteiger partial charge is 0.276 e. The van der Waals surface area contributed by atoms with E-state index in [1.807, 2.05) is 6.92 Å². The Labute approximate surface area is 131 Å². The van der Waals surface area contributed by atoms with Crippen LogP contribution in [-0.2, 0) is 0 Å². The summed E-state index contributed by atoms with van der Waals surface area (Å²) < 4.78 is 15.9. The van der Waals surface area contributed by atoms with Crippen LogP contribution in [0.1, 0.15) is 23.7 Å². The molecular formula is C15H12Cl2FN3. The van der Waals surface area contributed by atoms with E-state index >= 15 is 0 Å². The molecule has 0 saturated carbocycles. The zero-order valence-electron chi connectivity index (χ0n) is 11.4. The molecular weight excluding hydrogens is 312 g/mol. The second-order valence-electron chi connectivity index (χ2n) is 4.87. The smallest absolute Gasteiger partial charge is 0.164 e. The zero-order chi connectivity index (χ0) is 15.1. The molecule has 108 valence electrons. The highest BCUT2D eigenvalue weighted by Crippen LogP contribution is 2.29. The summed E-state index contributed by atoms with van der Waals surface area (Å²) in [5.41, 5.74) is 2.45. The van der Waals surface area contributed by atoms with Crippen LogP contribution in [0.25, 0.3) is 16.9 Å². The van der Waals surface area contributed by atoms with Crippen LogP contribution < -0.4 is 0 Å². The van der Waals surface area contributed by atoms with E-state index in [0.717, 1.165) is 5.56 Å². The second-order valence-corrected chi connectivity index (χ2v) is 5.96. The standard InChI is InChI=1S/C15H12Cl2FN3/c1-8-3-4-11(18)13(5-8)21-14(9(2)16)20-12-6-10(17)7-19-15(12)21/h3-7,9H,1-2H3. The summed E-state index contributed by atoms with van der Waals surface area (Å²) in [6.07, 6.45) is 1.51. The van der Waals surface area contributed by atoms with Crippen molar-refractivity contribution in [1.82, 2.24) is 14.5 Å². The van der Waals surface area contributed by atoms with Crippen LogP contribution in [0.5, 0.6) is 0 Å². The molecule has 0 saturated heterocycles.